The second-order valence-electron chi connectivity index (χ2n) is 7.06. The Bertz CT molecular complexity index is 938. The van der Waals surface area contributed by atoms with Crippen LogP contribution in [0.2, 0.25) is 0 Å². The Hall–Kier alpha value is -2.09. The maximum absolute atomic E-state index is 12.6. The van der Waals surface area contributed by atoms with Gasteiger partial charge in [-0.3, -0.25) is 9.52 Å². The molecule has 8 heteroatoms. The summed E-state index contributed by atoms with van der Waals surface area (Å²) in [5, 5.41) is 0. The lowest BCUT2D eigenvalue weighted by atomic mass is 10.1. The van der Waals surface area contributed by atoms with Crippen LogP contribution in [0.4, 0.5) is 5.69 Å². The van der Waals surface area contributed by atoms with Crippen LogP contribution in [0.5, 0.6) is 0 Å². The molecule has 2 aromatic rings. The van der Waals surface area contributed by atoms with E-state index in [0.29, 0.717) is 24.3 Å². The van der Waals surface area contributed by atoms with E-state index in [1.54, 1.807) is 29.2 Å². The van der Waals surface area contributed by atoms with Gasteiger partial charge in [-0.05, 0) is 74.2 Å². The molecule has 1 saturated heterocycles. The topological polar surface area (TPSA) is 92.5 Å². The van der Waals surface area contributed by atoms with Crippen molar-refractivity contribution in [1.82, 2.24) is 4.90 Å². The van der Waals surface area contributed by atoms with Gasteiger partial charge in [0.05, 0.1) is 4.90 Å². The summed E-state index contributed by atoms with van der Waals surface area (Å²) in [4.78, 5) is 14.4. The molecule has 28 heavy (non-hydrogen) atoms. The van der Waals surface area contributed by atoms with Crippen LogP contribution < -0.4 is 10.5 Å². The van der Waals surface area contributed by atoms with E-state index >= 15 is 0 Å². The van der Waals surface area contributed by atoms with Gasteiger partial charge in [0.15, 0.2) is 0 Å². The van der Waals surface area contributed by atoms with E-state index in [-0.39, 0.29) is 29.3 Å². The lowest BCUT2D eigenvalue weighted by Gasteiger charge is -2.30. The Morgan fingerprint density at radius 3 is 2.21 bits per heavy atom. The summed E-state index contributed by atoms with van der Waals surface area (Å²) in [6.45, 7) is 5.17. The predicted octanol–water partition coefficient (Wildman–Crippen LogP) is 3.09. The van der Waals surface area contributed by atoms with Gasteiger partial charge in [0.25, 0.3) is 15.9 Å². The van der Waals surface area contributed by atoms with Crippen LogP contribution in [0.15, 0.2) is 47.4 Å². The number of piperidine rings is 1. The van der Waals surface area contributed by atoms with Gasteiger partial charge in [-0.2, -0.15) is 0 Å². The summed E-state index contributed by atoms with van der Waals surface area (Å²) in [6.07, 6.45) is 1.58. The second kappa shape index (κ2) is 8.94. The Kier molecular flexibility index (Phi) is 7.09. The minimum absolute atomic E-state index is 0. The van der Waals surface area contributed by atoms with Gasteiger partial charge < -0.3 is 10.6 Å². The Morgan fingerprint density at radius 2 is 1.64 bits per heavy atom. The summed E-state index contributed by atoms with van der Waals surface area (Å²) in [5.74, 6) is -0.0898. The molecule has 3 N–H and O–H groups in total. The molecule has 0 aliphatic carbocycles. The zero-order valence-corrected chi connectivity index (χ0v) is 17.6. The number of amides is 1. The van der Waals surface area contributed by atoms with Crippen LogP contribution in [-0.4, -0.2) is 38.4 Å². The molecule has 152 valence electrons. The molecule has 6 nitrogen and oxygen atoms in total. The fourth-order valence-electron chi connectivity index (χ4n) is 3.08. The number of likely N-dealkylation sites (tertiary alicyclic amines) is 1. The minimum atomic E-state index is -3.71. The number of halogens is 1. The first-order chi connectivity index (χ1) is 12.8. The number of sulfonamides is 1. The first-order valence-corrected chi connectivity index (χ1v) is 10.5. The maximum Gasteiger partial charge on any atom is 0.261 e. The van der Waals surface area contributed by atoms with Gasteiger partial charge in [-0.15, -0.1) is 12.4 Å². The molecule has 1 aliphatic rings. The summed E-state index contributed by atoms with van der Waals surface area (Å²) in [7, 11) is -3.71. The molecule has 2 aromatic carbocycles. The van der Waals surface area contributed by atoms with Crippen molar-refractivity contribution in [2.75, 3.05) is 17.8 Å². The Labute approximate surface area is 172 Å². The van der Waals surface area contributed by atoms with Crippen molar-refractivity contribution in [3.63, 3.8) is 0 Å². The van der Waals surface area contributed by atoms with Crippen molar-refractivity contribution in [3.05, 3.63) is 59.2 Å². The third kappa shape index (κ3) is 5.04. The largest absolute Gasteiger partial charge is 0.339 e. The van der Waals surface area contributed by atoms with E-state index in [0.717, 1.165) is 24.0 Å². The monoisotopic (exact) mass is 423 g/mol. The molecule has 0 bridgehead atoms. The van der Waals surface area contributed by atoms with E-state index in [9.17, 15) is 13.2 Å². The fraction of sp³-hybridized carbons (Fsp3) is 0.350. The van der Waals surface area contributed by atoms with Crippen LogP contribution in [0.25, 0.3) is 0 Å². The molecule has 0 saturated carbocycles. The molecular weight excluding hydrogens is 398 g/mol. The molecule has 0 unspecified atom stereocenters. The first-order valence-electron chi connectivity index (χ1n) is 9.01. The minimum Gasteiger partial charge on any atom is -0.339 e. The number of nitrogens with zero attached hydrogens (tertiary/aromatic N) is 1. The molecule has 1 fully saturated rings. The van der Waals surface area contributed by atoms with E-state index in [4.69, 9.17) is 5.73 Å². The van der Waals surface area contributed by atoms with E-state index in [1.807, 2.05) is 19.9 Å². The average molecular weight is 424 g/mol. The first kappa shape index (κ1) is 22.2. The number of aryl methyl sites for hydroxylation is 2. The molecule has 0 atom stereocenters. The number of carbonyl (C=O) groups excluding carboxylic acids is 1. The highest BCUT2D eigenvalue weighted by atomic mass is 35.5. The van der Waals surface area contributed by atoms with Gasteiger partial charge in [0.1, 0.15) is 0 Å². The number of nitrogens with two attached hydrogens (primary N) is 1. The van der Waals surface area contributed by atoms with Gasteiger partial charge in [0, 0.05) is 30.4 Å². The number of carbonyl (C=O) groups is 1. The highest BCUT2D eigenvalue weighted by molar-refractivity contribution is 7.92. The highest BCUT2D eigenvalue weighted by Gasteiger charge is 2.22. The Balaban J connectivity index is 0.00000280. The van der Waals surface area contributed by atoms with Crippen molar-refractivity contribution >= 4 is 34.0 Å². The third-order valence-electron chi connectivity index (χ3n) is 5.00. The number of benzene rings is 2. The van der Waals surface area contributed by atoms with Gasteiger partial charge in [-0.25, -0.2) is 8.42 Å². The lowest BCUT2D eigenvalue weighted by molar-refractivity contribution is 0.0714. The highest BCUT2D eigenvalue weighted by Crippen LogP contribution is 2.20. The molecule has 3 rings (SSSR count). The van der Waals surface area contributed by atoms with Gasteiger partial charge in [0.2, 0.25) is 0 Å². The lowest BCUT2D eigenvalue weighted by Crippen LogP contribution is -2.42. The molecule has 1 aliphatic heterocycles. The average Bonchev–Trinajstić information content (AvgIpc) is 2.65. The van der Waals surface area contributed by atoms with Crippen LogP contribution in [-0.2, 0) is 10.0 Å². The maximum atomic E-state index is 12.6. The summed E-state index contributed by atoms with van der Waals surface area (Å²) >= 11 is 0. The molecule has 0 spiro atoms. The van der Waals surface area contributed by atoms with E-state index in [2.05, 4.69) is 4.72 Å². The van der Waals surface area contributed by atoms with Crippen molar-refractivity contribution in [3.8, 4) is 0 Å². The summed E-state index contributed by atoms with van der Waals surface area (Å²) < 4.78 is 27.8. The quantitative estimate of drug-likeness (QED) is 0.790. The van der Waals surface area contributed by atoms with Gasteiger partial charge in [-0.1, -0.05) is 6.07 Å². The van der Waals surface area contributed by atoms with Crippen molar-refractivity contribution in [1.29, 1.82) is 0 Å². The summed E-state index contributed by atoms with van der Waals surface area (Å²) in [5.41, 5.74) is 8.98. The molecule has 1 amide bonds. The third-order valence-corrected chi connectivity index (χ3v) is 6.39. The fourth-order valence-corrected chi connectivity index (χ4v) is 4.13. The van der Waals surface area contributed by atoms with Gasteiger partial charge >= 0.3 is 0 Å². The van der Waals surface area contributed by atoms with Crippen molar-refractivity contribution < 1.29 is 13.2 Å². The van der Waals surface area contributed by atoms with Crippen LogP contribution in [0.1, 0.15) is 34.3 Å². The molecular formula is C20H26ClN3O3S. The zero-order valence-electron chi connectivity index (χ0n) is 16.0. The number of hydrogen-bond acceptors (Lipinski definition) is 4. The van der Waals surface area contributed by atoms with Crippen LogP contribution >= 0.6 is 12.4 Å². The number of nitrogens with one attached hydrogen (secondary N) is 1. The van der Waals surface area contributed by atoms with Crippen LogP contribution in [0.3, 0.4) is 0 Å². The molecule has 1 heterocycles. The number of rotatable bonds is 4. The number of hydrogen-bond donors (Lipinski definition) is 2. The summed E-state index contributed by atoms with van der Waals surface area (Å²) in [6, 6.07) is 11.6. The van der Waals surface area contributed by atoms with Crippen LogP contribution in [0, 0.1) is 13.8 Å². The number of anilines is 1. The standard InChI is InChI=1S/C20H25N3O3S.ClH/c1-14-3-6-18(13-15(14)2)22-27(25,26)19-7-4-16(5-8-19)20(24)23-11-9-17(21)10-12-23;/h3-8,13,17,22H,9-12,21H2,1-2H3;1H. The second-order valence-corrected chi connectivity index (χ2v) is 8.74. The Morgan fingerprint density at radius 1 is 1.04 bits per heavy atom. The van der Waals surface area contributed by atoms with E-state index < -0.39 is 10.0 Å². The van der Waals surface area contributed by atoms with E-state index in [1.165, 1.54) is 12.1 Å². The van der Waals surface area contributed by atoms with Crippen molar-refractivity contribution in [2.45, 2.75) is 37.6 Å². The SMILES string of the molecule is Cc1ccc(NS(=O)(=O)c2ccc(C(=O)N3CCC(N)CC3)cc2)cc1C.Cl. The normalized spacial score (nSPS) is 15.0. The zero-order chi connectivity index (χ0) is 19.6. The predicted molar refractivity (Wildman–Crippen MR) is 114 cm³/mol. The molecule has 0 aromatic heterocycles. The smallest absolute Gasteiger partial charge is 0.261 e. The molecule has 0 radical (unpaired) electrons. The van der Waals surface area contributed by atoms with Crippen molar-refractivity contribution in [2.24, 2.45) is 5.73 Å².